The summed E-state index contributed by atoms with van der Waals surface area (Å²) in [5.41, 5.74) is 1.50. The number of nitrogens with one attached hydrogen (secondary N) is 2. The number of nitrogens with zero attached hydrogens (tertiary/aromatic N) is 5. The Balaban J connectivity index is 1.38. The molecule has 9 nitrogen and oxygen atoms in total. The number of aryl methyl sites for hydroxylation is 1. The third-order valence-electron chi connectivity index (χ3n) is 6.71. The van der Waals surface area contributed by atoms with E-state index < -0.39 is 17.8 Å². The third-order valence-corrected chi connectivity index (χ3v) is 6.71. The molecule has 0 radical (unpaired) electrons. The largest absolute Gasteiger partial charge is 0.507 e. The molecule has 0 saturated carbocycles. The zero-order valence-corrected chi connectivity index (χ0v) is 21.2. The van der Waals surface area contributed by atoms with Gasteiger partial charge in [-0.1, -0.05) is 18.2 Å². The standard InChI is InChI=1S/C28H22F3N7O2/c1-15-10-11-37-23(15)26(40)38(18-6-4-3-5-7-18)25(36-37)16(2)34-27-33-14-21-20(13-32-24(21)35-27)19-12-17(28(29,30)31)8-9-22(19)39/h3-14,16,39H,1-2H3,(H2,32,33,34,35)/t16-/m0/s1. The van der Waals surface area contributed by atoms with Gasteiger partial charge in [-0.05, 0) is 55.8 Å². The van der Waals surface area contributed by atoms with Gasteiger partial charge in [-0.3, -0.25) is 9.36 Å². The van der Waals surface area contributed by atoms with Crippen molar-refractivity contribution in [1.82, 2.24) is 29.1 Å². The molecule has 4 heterocycles. The Morgan fingerprint density at radius 3 is 2.60 bits per heavy atom. The molecule has 0 unspecified atom stereocenters. The molecule has 12 heteroatoms. The van der Waals surface area contributed by atoms with Crippen molar-refractivity contribution in [3.05, 3.63) is 100 Å². The maximum absolute atomic E-state index is 13.6. The van der Waals surface area contributed by atoms with Gasteiger partial charge in [-0.25, -0.2) is 9.50 Å². The van der Waals surface area contributed by atoms with Crippen molar-refractivity contribution in [1.29, 1.82) is 0 Å². The molecule has 0 fully saturated rings. The maximum Gasteiger partial charge on any atom is 0.416 e. The van der Waals surface area contributed by atoms with Crippen LogP contribution in [0, 0.1) is 6.92 Å². The van der Waals surface area contributed by atoms with Crippen LogP contribution in [0.3, 0.4) is 0 Å². The van der Waals surface area contributed by atoms with E-state index in [0.717, 1.165) is 23.8 Å². The zero-order chi connectivity index (χ0) is 28.2. The number of H-pyrrole nitrogens is 1. The number of rotatable bonds is 5. The minimum absolute atomic E-state index is 0.00477. The number of phenolic OH excluding ortho intramolecular Hbond substituents is 1. The fourth-order valence-corrected chi connectivity index (χ4v) is 4.72. The highest BCUT2D eigenvalue weighted by molar-refractivity contribution is 5.95. The van der Waals surface area contributed by atoms with Crippen LogP contribution in [-0.2, 0) is 6.18 Å². The Hall–Kier alpha value is -5.13. The van der Waals surface area contributed by atoms with Crippen molar-refractivity contribution < 1.29 is 18.3 Å². The lowest BCUT2D eigenvalue weighted by molar-refractivity contribution is -0.137. The van der Waals surface area contributed by atoms with E-state index in [9.17, 15) is 23.1 Å². The Morgan fingerprint density at radius 1 is 1.07 bits per heavy atom. The molecule has 0 saturated heterocycles. The molecule has 1 atom stereocenters. The number of aromatic amines is 1. The van der Waals surface area contributed by atoms with Crippen LogP contribution in [0.5, 0.6) is 5.75 Å². The molecule has 6 aromatic rings. The SMILES string of the molecule is Cc1ccn2nc([C@H](C)Nc3ncc4c(-c5cc(C(F)(F)F)ccc5O)c[nH]c4n3)n(-c3ccccc3)c(=O)c12. The van der Waals surface area contributed by atoms with Crippen LogP contribution in [-0.4, -0.2) is 34.2 Å². The minimum Gasteiger partial charge on any atom is -0.507 e. The number of phenols is 1. The zero-order valence-electron chi connectivity index (χ0n) is 21.2. The summed E-state index contributed by atoms with van der Waals surface area (Å²) < 4.78 is 42.9. The van der Waals surface area contributed by atoms with Gasteiger partial charge in [0.25, 0.3) is 5.56 Å². The Kier molecular flexibility index (Phi) is 5.82. The van der Waals surface area contributed by atoms with Crippen LogP contribution >= 0.6 is 0 Å². The molecule has 4 aromatic heterocycles. The summed E-state index contributed by atoms with van der Waals surface area (Å²) in [6.45, 7) is 3.67. The fourth-order valence-electron chi connectivity index (χ4n) is 4.72. The lowest BCUT2D eigenvalue weighted by Gasteiger charge is -2.19. The van der Waals surface area contributed by atoms with Crippen molar-refractivity contribution >= 4 is 22.5 Å². The average Bonchev–Trinajstić information content (AvgIpc) is 3.51. The number of hydrogen-bond acceptors (Lipinski definition) is 6. The molecular weight excluding hydrogens is 523 g/mol. The van der Waals surface area contributed by atoms with Crippen LogP contribution in [0.1, 0.15) is 29.9 Å². The first-order chi connectivity index (χ1) is 19.1. The molecule has 6 rings (SSSR count). The van der Waals surface area contributed by atoms with E-state index in [1.807, 2.05) is 50.2 Å². The minimum atomic E-state index is -4.56. The summed E-state index contributed by atoms with van der Waals surface area (Å²) in [6.07, 6.45) is 0.0942. The summed E-state index contributed by atoms with van der Waals surface area (Å²) in [4.78, 5) is 25.3. The van der Waals surface area contributed by atoms with E-state index in [0.29, 0.717) is 33.6 Å². The first kappa shape index (κ1) is 25.2. The molecule has 0 spiro atoms. The van der Waals surface area contributed by atoms with Crippen molar-refractivity contribution in [2.45, 2.75) is 26.1 Å². The number of hydrogen-bond donors (Lipinski definition) is 3. The number of aromatic hydroxyl groups is 1. The maximum atomic E-state index is 13.6. The van der Waals surface area contributed by atoms with Crippen molar-refractivity contribution in [3.8, 4) is 22.6 Å². The number of benzene rings is 2. The average molecular weight is 546 g/mol. The molecule has 0 aliphatic heterocycles. The number of alkyl halides is 3. The first-order valence-corrected chi connectivity index (χ1v) is 12.3. The normalized spacial score (nSPS) is 12.7. The highest BCUT2D eigenvalue weighted by atomic mass is 19.4. The second-order valence-electron chi connectivity index (χ2n) is 9.38. The second kappa shape index (κ2) is 9.26. The molecule has 3 N–H and O–H groups in total. The summed E-state index contributed by atoms with van der Waals surface area (Å²) in [7, 11) is 0. The van der Waals surface area contributed by atoms with Gasteiger partial charge in [0.15, 0.2) is 5.82 Å². The quantitative estimate of drug-likeness (QED) is 0.259. The van der Waals surface area contributed by atoms with Gasteiger partial charge in [-0.2, -0.15) is 23.3 Å². The number of aromatic nitrogens is 6. The van der Waals surface area contributed by atoms with E-state index in [1.165, 1.54) is 12.4 Å². The number of para-hydroxylation sites is 1. The Labute approximate surface area is 224 Å². The molecule has 0 aliphatic rings. The molecule has 0 aliphatic carbocycles. The lowest BCUT2D eigenvalue weighted by Crippen LogP contribution is -2.29. The highest BCUT2D eigenvalue weighted by Gasteiger charge is 2.31. The van der Waals surface area contributed by atoms with Gasteiger partial charge < -0.3 is 15.4 Å². The van der Waals surface area contributed by atoms with Gasteiger partial charge >= 0.3 is 6.18 Å². The monoisotopic (exact) mass is 545 g/mol. The van der Waals surface area contributed by atoms with Crippen LogP contribution < -0.4 is 10.9 Å². The van der Waals surface area contributed by atoms with E-state index in [-0.39, 0.29) is 22.8 Å². The summed E-state index contributed by atoms with van der Waals surface area (Å²) in [5, 5.41) is 18.6. The highest BCUT2D eigenvalue weighted by Crippen LogP contribution is 2.39. The van der Waals surface area contributed by atoms with E-state index in [2.05, 4.69) is 20.3 Å². The van der Waals surface area contributed by atoms with E-state index in [4.69, 9.17) is 5.10 Å². The van der Waals surface area contributed by atoms with Crippen molar-refractivity contribution in [3.63, 3.8) is 0 Å². The molecular formula is C28H22F3N7O2. The summed E-state index contributed by atoms with van der Waals surface area (Å²) in [5.74, 6) is 0.327. The molecule has 40 heavy (non-hydrogen) atoms. The van der Waals surface area contributed by atoms with Gasteiger partial charge in [0.2, 0.25) is 5.95 Å². The Bertz CT molecular complexity index is 1940. The second-order valence-corrected chi connectivity index (χ2v) is 9.38. The van der Waals surface area contributed by atoms with Gasteiger partial charge in [0, 0.05) is 35.1 Å². The molecule has 2 aromatic carbocycles. The van der Waals surface area contributed by atoms with Crippen LogP contribution in [0.15, 0.2) is 78.0 Å². The van der Waals surface area contributed by atoms with Crippen LogP contribution in [0.4, 0.5) is 19.1 Å². The predicted octanol–water partition coefficient (Wildman–Crippen LogP) is 5.63. The van der Waals surface area contributed by atoms with E-state index >= 15 is 0 Å². The first-order valence-electron chi connectivity index (χ1n) is 12.3. The van der Waals surface area contributed by atoms with E-state index in [1.54, 1.807) is 15.3 Å². The van der Waals surface area contributed by atoms with Gasteiger partial charge in [-0.15, -0.1) is 0 Å². The number of fused-ring (bicyclic) bond motifs is 2. The topological polar surface area (TPSA) is 113 Å². The molecule has 202 valence electrons. The molecule has 0 amide bonds. The predicted molar refractivity (Wildman–Crippen MR) is 144 cm³/mol. The van der Waals surface area contributed by atoms with Crippen molar-refractivity contribution in [2.24, 2.45) is 0 Å². The number of halogens is 3. The molecule has 0 bridgehead atoms. The van der Waals surface area contributed by atoms with Crippen LogP contribution in [0.25, 0.3) is 33.4 Å². The number of anilines is 1. The fraction of sp³-hybridized carbons (Fsp3) is 0.143. The summed E-state index contributed by atoms with van der Waals surface area (Å²) >= 11 is 0. The van der Waals surface area contributed by atoms with Gasteiger partial charge in [0.05, 0.1) is 17.3 Å². The van der Waals surface area contributed by atoms with Gasteiger partial charge in [0.1, 0.15) is 16.9 Å². The lowest BCUT2D eigenvalue weighted by atomic mass is 10.0. The third kappa shape index (κ3) is 4.23. The Morgan fingerprint density at radius 2 is 1.85 bits per heavy atom. The van der Waals surface area contributed by atoms with Crippen molar-refractivity contribution in [2.75, 3.05) is 5.32 Å². The van der Waals surface area contributed by atoms with Crippen LogP contribution in [0.2, 0.25) is 0 Å². The summed E-state index contributed by atoms with van der Waals surface area (Å²) in [6, 6.07) is 13.2. The smallest absolute Gasteiger partial charge is 0.416 e.